The van der Waals surface area contributed by atoms with Gasteiger partial charge in [0, 0.05) is 18.7 Å². The maximum absolute atomic E-state index is 11.6. The first-order valence-corrected chi connectivity index (χ1v) is 7.22. The summed E-state index contributed by atoms with van der Waals surface area (Å²) in [6.45, 7) is 5.12. The Morgan fingerprint density at radius 2 is 2.06 bits per heavy atom. The number of benzene rings is 1. The fourth-order valence-corrected chi connectivity index (χ4v) is 3.34. The second-order valence-corrected chi connectivity index (χ2v) is 6.26. The van der Waals surface area contributed by atoms with E-state index in [1.165, 1.54) is 13.0 Å². The smallest absolute Gasteiger partial charge is 0.238 e. The molecule has 2 N–H and O–H groups in total. The lowest BCUT2D eigenvalue weighted by Gasteiger charge is -2.21. The van der Waals surface area contributed by atoms with Crippen LogP contribution in [0.5, 0.6) is 0 Å². The van der Waals surface area contributed by atoms with E-state index >= 15 is 0 Å². The number of primary sulfonamides is 1. The van der Waals surface area contributed by atoms with Crippen molar-refractivity contribution < 1.29 is 13.2 Å². The lowest BCUT2D eigenvalue weighted by Crippen LogP contribution is -2.33. The number of aryl methyl sites for hydroxylation is 1. The number of hydrogen-bond acceptors (Lipinski definition) is 3. The van der Waals surface area contributed by atoms with Gasteiger partial charge in [-0.1, -0.05) is 6.07 Å². The van der Waals surface area contributed by atoms with E-state index < -0.39 is 10.0 Å². The van der Waals surface area contributed by atoms with Crippen molar-refractivity contribution in [1.29, 1.82) is 0 Å². The molecular weight excluding hydrogens is 252 g/mol. The van der Waals surface area contributed by atoms with Gasteiger partial charge >= 0.3 is 0 Å². The zero-order valence-corrected chi connectivity index (χ0v) is 11.4. The fourth-order valence-electron chi connectivity index (χ4n) is 2.56. The Hall–Kier alpha value is -1.40. The molecule has 2 rings (SSSR count). The van der Waals surface area contributed by atoms with Crippen LogP contribution in [0.1, 0.15) is 25.0 Å². The first-order chi connectivity index (χ1) is 8.21. The van der Waals surface area contributed by atoms with Gasteiger partial charge in [0.05, 0.1) is 4.90 Å². The highest BCUT2D eigenvalue weighted by Crippen LogP contribution is 2.35. The Bertz CT molecular complexity index is 622. The average molecular weight is 268 g/mol. The standard InChI is InChI=1S/C12H16N2O3S/c1-7-4-10-5-8(2)14(9(3)15)11(10)6-12(7)18(13,16)17/h4,6,8H,5H2,1-3H3,(H2,13,16,17). The molecule has 1 atom stereocenters. The van der Waals surface area contributed by atoms with Crippen LogP contribution in [-0.4, -0.2) is 20.4 Å². The summed E-state index contributed by atoms with van der Waals surface area (Å²) >= 11 is 0. The molecule has 0 spiro atoms. The maximum Gasteiger partial charge on any atom is 0.238 e. The lowest BCUT2D eigenvalue weighted by atomic mass is 10.1. The molecule has 0 aromatic heterocycles. The predicted molar refractivity (Wildman–Crippen MR) is 68.9 cm³/mol. The second kappa shape index (κ2) is 4.07. The summed E-state index contributed by atoms with van der Waals surface area (Å²) in [6.07, 6.45) is 0.737. The number of nitrogens with two attached hydrogens (primary N) is 1. The summed E-state index contributed by atoms with van der Waals surface area (Å²) in [5, 5.41) is 5.18. The molecule has 0 radical (unpaired) electrons. The Morgan fingerprint density at radius 1 is 1.44 bits per heavy atom. The molecule has 1 aliphatic rings. The molecule has 98 valence electrons. The van der Waals surface area contributed by atoms with Gasteiger partial charge in [-0.3, -0.25) is 4.79 Å². The normalized spacial score (nSPS) is 18.9. The van der Waals surface area contributed by atoms with Crippen molar-refractivity contribution in [2.45, 2.75) is 38.1 Å². The van der Waals surface area contributed by atoms with Crippen LogP contribution >= 0.6 is 0 Å². The summed E-state index contributed by atoms with van der Waals surface area (Å²) in [6, 6.07) is 3.35. The average Bonchev–Trinajstić information content (AvgIpc) is 2.49. The van der Waals surface area contributed by atoms with Crippen molar-refractivity contribution in [2.75, 3.05) is 4.90 Å². The number of sulfonamides is 1. The second-order valence-electron chi connectivity index (χ2n) is 4.73. The van der Waals surface area contributed by atoms with E-state index in [1.807, 2.05) is 6.92 Å². The van der Waals surface area contributed by atoms with Gasteiger partial charge in [-0.25, -0.2) is 13.6 Å². The molecule has 0 bridgehead atoms. The predicted octanol–water partition coefficient (Wildman–Crippen LogP) is 0.940. The molecule has 18 heavy (non-hydrogen) atoms. The summed E-state index contributed by atoms with van der Waals surface area (Å²) in [5.74, 6) is -0.0922. The van der Waals surface area contributed by atoms with Crippen LogP contribution in [0.3, 0.4) is 0 Å². The van der Waals surface area contributed by atoms with E-state index in [0.29, 0.717) is 11.3 Å². The molecular formula is C12H16N2O3S. The Morgan fingerprint density at radius 3 is 2.56 bits per heavy atom. The Labute approximate surface area is 107 Å². The number of carbonyl (C=O) groups is 1. The SMILES string of the molecule is CC(=O)N1c2cc(S(N)(=O)=O)c(C)cc2CC1C. The van der Waals surface area contributed by atoms with Crippen LogP contribution in [0.25, 0.3) is 0 Å². The molecule has 1 heterocycles. The minimum atomic E-state index is -3.76. The van der Waals surface area contributed by atoms with E-state index in [9.17, 15) is 13.2 Å². The van der Waals surface area contributed by atoms with Crippen LogP contribution in [-0.2, 0) is 21.2 Å². The van der Waals surface area contributed by atoms with Crippen molar-refractivity contribution in [3.63, 3.8) is 0 Å². The minimum absolute atomic E-state index is 0.0487. The number of hydrogen-bond donors (Lipinski definition) is 1. The molecule has 1 aromatic carbocycles. The number of anilines is 1. The van der Waals surface area contributed by atoms with Gasteiger partial charge in [0.1, 0.15) is 0 Å². The molecule has 1 unspecified atom stereocenters. The number of nitrogens with zero attached hydrogens (tertiary/aromatic N) is 1. The van der Waals surface area contributed by atoms with Crippen molar-refractivity contribution in [3.05, 3.63) is 23.3 Å². The highest BCUT2D eigenvalue weighted by molar-refractivity contribution is 7.89. The zero-order valence-electron chi connectivity index (χ0n) is 10.6. The Kier molecular flexibility index (Phi) is 2.95. The van der Waals surface area contributed by atoms with Crippen molar-refractivity contribution in [1.82, 2.24) is 0 Å². The molecule has 1 aromatic rings. The van der Waals surface area contributed by atoms with Gasteiger partial charge in [-0.15, -0.1) is 0 Å². The number of carbonyl (C=O) groups excluding carboxylic acids is 1. The lowest BCUT2D eigenvalue weighted by molar-refractivity contribution is -0.116. The van der Waals surface area contributed by atoms with E-state index in [0.717, 1.165) is 12.0 Å². The van der Waals surface area contributed by atoms with Crippen molar-refractivity contribution >= 4 is 21.6 Å². The molecule has 1 amide bonds. The molecule has 0 saturated heterocycles. The topological polar surface area (TPSA) is 80.5 Å². The molecule has 0 saturated carbocycles. The third-order valence-electron chi connectivity index (χ3n) is 3.24. The van der Waals surface area contributed by atoms with Crippen LogP contribution in [0.2, 0.25) is 0 Å². The van der Waals surface area contributed by atoms with E-state index in [-0.39, 0.29) is 16.8 Å². The Balaban J connectivity index is 2.66. The molecule has 0 aliphatic carbocycles. The third-order valence-corrected chi connectivity index (χ3v) is 4.29. The summed E-state index contributed by atoms with van der Waals surface area (Å²) in [4.78, 5) is 13.3. The van der Waals surface area contributed by atoms with Gasteiger partial charge in [-0.05, 0) is 37.5 Å². The largest absolute Gasteiger partial charge is 0.309 e. The van der Waals surface area contributed by atoms with Crippen LogP contribution < -0.4 is 10.0 Å². The monoisotopic (exact) mass is 268 g/mol. The first kappa shape index (κ1) is 13.0. The zero-order chi connectivity index (χ0) is 13.7. The van der Waals surface area contributed by atoms with Gasteiger partial charge in [0.25, 0.3) is 0 Å². The van der Waals surface area contributed by atoms with Crippen LogP contribution in [0, 0.1) is 6.92 Å². The first-order valence-electron chi connectivity index (χ1n) is 5.68. The number of rotatable bonds is 1. The third kappa shape index (κ3) is 2.02. The summed E-state index contributed by atoms with van der Waals surface area (Å²) in [5.41, 5.74) is 2.26. The quantitative estimate of drug-likeness (QED) is 0.823. The van der Waals surface area contributed by atoms with Crippen molar-refractivity contribution in [3.8, 4) is 0 Å². The molecule has 5 nitrogen and oxygen atoms in total. The fraction of sp³-hybridized carbons (Fsp3) is 0.417. The highest BCUT2D eigenvalue weighted by atomic mass is 32.2. The van der Waals surface area contributed by atoms with Gasteiger partial charge in [0.15, 0.2) is 0 Å². The van der Waals surface area contributed by atoms with Gasteiger partial charge in [0.2, 0.25) is 15.9 Å². The minimum Gasteiger partial charge on any atom is -0.309 e. The summed E-state index contributed by atoms with van der Waals surface area (Å²) in [7, 11) is -3.76. The van der Waals surface area contributed by atoms with E-state index in [1.54, 1.807) is 17.9 Å². The van der Waals surface area contributed by atoms with E-state index in [2.05, 4.69) is 0 Å². The molecule has 6 heteroatoms. The summed E-state index contributed by atoms with van der Waals surface area (Å²) < 4.78 is 23.0. The van der Waals surface area contributed by atoms with Crippen LogP contribution in [0.15, 0.2) is 17.0 Å². The van der Waals surface area contributed by atoms with Gasteiger partial charge < -0.3 is 4.90 Å². The molecule has 1 aliphatic heterocycles. The number of fused-ring (bicyclic) bond motifs is 1. The maximum atomic E-state index is 11.6. The van der Waals surface area contributed by atoms with Crippen molar-refractivity contribution in [2.24, 2.45) is 5.14 Å². The molecule has 0 fully saturated rings. The van der Waals surface area contributed by atoms with Crippen LogP contribution in [0.4, 0.5) is 5.69 Å². The highest BCUT2D eigenvalue weighted by Gasteiger charge is 2.30. The van der Waals surface area contributed by atoms with E-state index in [4.69, 9.17) is 5.14 Å². The number of amides is 1. The van der Waals surface area contributed by atoms with Gasteiger partial charge in [-0.2, -0.15) is 0 Å².